The van der Waals surface area contributed by atoms with E-state index >= 15 is 0 Å². The monoisotopic (exact) mass is 377 g/mol. The zero-order valence-electron chi connectivity index (χ0n) is 15.7. The van der Waals surface area contributed by atoms with Crippen LogP contribution in [-0.4, -0.2) is 41.2 Å². The Kier molecular flexibility index (Phi) is 5.23. The molecule has 7 nitrogen and oxygen atoms in total. The Hall–Kier alpha value is -3.35. The molecule has 7 heteroatoms. The Morgan fingerprint density at radius 1 is 1.29 bits per heavy atom. The average Bonchev–Trinajstić information content (AvgIpc) is 3.07. The first kappa shape index (κ1) is 18.0. The molecule has 2 aliphatic heterocycles. The van der Waals surface area contributed by atoms with Crippen LogP contribution in [-0.2, 0) is 11.3 Å². The van der Waals surface area contributed by atoms with Crippen molar-refractivity contribution in [1.82, 2.24) is 15.2 Å². The second-order valence-corrected chi connectivity index (χ2v) is 6.80. The normalized spacial score (nSPS) is 22.5. The van der Waals surface area contributed by atoms with Crippen molar-refractivity contribution in [1.29, 1.82) is 0 Å². The number of ether oxygens (including phenoxy) is 1. The Bertz CT molecular complexity index is 879. The Morgan fingerprint density at radius 2 is 2.14 bits per heavy atom. The molecule has 2 N–H and O–H groups in total. The number of carbonyl (C=O) groups is 1. The van der Waals surface area contributed by atoms with Gasteiger partial charge in [-0.15, -0.1) is 0 Å². The molecule has 1 aromatic heterocycles. The first-order valence-electron chi connectivity index (χ1n) is 9.33. The number of aromatic nitrogens is 1. The van der Waals surface area contributed by atoms with Gasteiger partial charge in [-0.25, -0.2) is 4.98 Å². The molecule has 2 unspecified atom stereocenters. The number of methoxy groups -OCH3 is 1. The van der Waals surface area contributed by atoms with Gasteiger partial charge in [0.2, 0.25) is 5.91 Å². The third-order valence-electron chi connectivity index (χ3n) is 5.02. The number of nitrogens with zero attached hydrogens (tertiary/aromatic N) is 3. The first-order valence-corrected chi connectivity index (χ1v) is 9.33. The topological polar surface area (TPSA) is 78.8 Å². The van der Waals surface area contributed by atoms with Crippen LogP contribution in [0.2, 0.25) is 0 Å². The molecular formula is C21H23N5O2. The summed E-state index contributed by atoms with van der Waals surface area (Å²) < 4.78 is 5.22. The molecule has 1 saturated heterocycles. The van der Waals surface area contributed by atoms with E-state index in [1.807, 2.05) is 48.7 Å². The SMILES string of the molecule is COc1ccc(CN2C=CC3/C(=N/Nc4ccccn4)CCNC(=O)C32)cc1. The van der Waals surface area contributed by atoms with E-state index in [0.717, 1.165) is 17.0 Å². The highest BCUT2D eigenvalue weighted by molar-refractivity contribution is 5.98. The minimum Gasteiger partial charge on any atom is -0.497 e. The number of pyridine rings is 1. The van der Waals surface area contributed by atoms with Gasteiger partial charge in [0.15, 0.2) is 0 Å². The lowest BCUT2D eigenvalue weighted by Gasteiger charge is -2.27. The molecular weight excluding hydrogens is 354 g/mol. The summed E-state index contributed by atoms with van der Waals surface area (Å²) >= 11 is 0. The highest BCUT2D eigenvalue weighted by atomic mass is 16.5. The van der Waals surface area contributed by atoms with Gasteiger partial charge in [-0.2, -0.15) is 5.10 Å². The fourth-order valence-electron chi connectivity index (χ4n) is 3.58. The maximum Gasteiger partial charge on any atom is 0.243 e. The molecule has 2 aliphatic rings. The van der Waals surface area contributed by atoms with Crippen molar-refractivity contribution in [2.75, 3.05) is 19.1 Å². The first-order chi connectivity index (χ1) is 13.7. The van der Waals surface area contributed by atoms with Crippen LogP contribution in [0.5, 0.6) is 5.75 Å². The Balaban J connectivity index is 1.51. The molecule has 1 aromatic carbocycles. The fraction of sp³-hybridized carbons (Fsp3) is 0.286. The lowest BCUT2D eigenvalue weighted by molar-refractivity contribution is -0.125. The van der Waals surface area contributed by atoms with Gasteiger partial charge >= 0.3 is 0 Å². The second-order valence-electron chi connectivity index (χ2n) is 6.80. The fourth-order valence-corrected chi connectivity index (χ4v) is 3.58. The van der Waals surface area contributed by atoms with Gasteiger partial charge in [0.1, 0.15) is 17.6 Å². The molecule has 0 aliphatic carbocycles. The summed E-state index contributed by atoms with van der Waals surface area (Å²) in [5.41, 5.74) is 5.08. The predicted molar refractivity (Wildman–Crippen MR) is 108 cm³/mol. The predicted octanol–water partition coefficient (Wildman–Crippen LogP) is 2.39. The number of nitrogens with one attached hydrogen (secondary N) is 2. The van der Waals surface area contributed by atoms with Crippen LogP contribution in [0.25, 0.3) is 0 Å². The number of rotatable bonds is 5. The van der Waals surface area contributed by atoms with Crippen LogP contribution in [0.15, 0.2) is 66.0 Å². The molecule has 2 aromatic rings. The van der Waals surface area contributed by atoms with Crippen LogP contribution in [0, 0.1) is 5.92 Å². The largest absolute Gasteiger partial charge is 0.497 e. The summed E-state index contributed by atoms with van der Waals surface area (Å²) in [4.78, 5) is 19.0. The molecule has 1 amide bonds. The highest BCUT2D eigenvalue weighted by Gasteiger charge is 2.39. The Labute approximate surface area is 164 Å². The zero-order chi connectivity index (χ0) is 19.3. The van der Waals surface area contributed by atoms with Crippen molar-refractivity contribution in [2.45, 2.75) is 19.0 Å². The van der Waals surface area contributed by atoms with Crippen LogP contribution in [0.1, 0.15) is 12.0 Å². The lowest BCUT2D eigenvalue weighted by atomic mass is 9.95. The minimum absolute atomic E-state index is 0.0338. The second kappa shape index (κ2) is 8.12. The molecule has 4 rings (SSSR count). The van der Waals surface area contributed by atoms with Crippen molar-refractivity contribution < 1.29 is 9.53 Å². The van der Waals surface area contributed by atoms with Crippen LogP contribution in [0.4, 0.5) is 5.82 Å². The Morgan fingerprint density at radius 3 is 2.89 bits per heavy atom. The number of benzene rings is 1. The summed E-state index contributed by atoms with van der Waals surface area (Å²) in [6, 6.07) is 13.2. The van der Waals surface area contributed by atoms with Crippen LogP contribution >= 0.6 is 0 Å². The van der Waals surface area contributed by atoms with Gasteiger partial charge < -0.3 is 15.0 Å². The third kappa shape index (κ3) is 3.83. The zero-order valence-corrected chi connectivity index (χ0v) is 15.7. The standard InChI is InChI=1S/C21H23N5O2/c1-28-16-7-5-15(6-8-16)14-26-13-10-17-18(9-12-23-21(27)20(17)26)24-25-19-4-2-3-11-22-19/h2-8,10-11,13,17,20H,9,12,14H2,1H3,(H,22,25)(H,23,27)/b24-18+. The van der Waals surface area contributed by atoms with E-state index in [4.69, 9.17) is 4.74 Å². The van der Waals surface area contributed by atoms with Gasteiger partial charge in [-0.05, 0) is 36.0 Å². The number of amides is 1. The molecule has 0 bridgehead atoms. The summed E-state index contributed by atoms with van der Waals surface area (Å²) in [7, 11) is 1.65. The summed E-state index contributed by atoms with van der Waals surface area (Å²) in [6.45, 7) is 1.23. The third-order valence-corrected chi connectivity index (χ3v) is 5.02. The van der Waals surface area contributed by atoms with E-state index in [9.17, 15) is 4.79 Å². The summed E-state index contributed by atoms with van der Waals surface area (Å²) in [6.07, 6.45) is 6.49. The number of carbonyl (C=O) groups excluding carboxylic acids is 1. The van der Waals surface area contributed by atoms with Gasteiger partial charge in [-0.1, -0.05) is 24.3 Å². The molecule has 0 saturated carbocycles. The van der Waals surface area contributed by atoms with Gasteiger partial charge in [0.25, 0.3) is 0 Å². The van der Waals surface area contributed by atoms with E-state index in [-0.39, 0.29) is 17.9 Å². The van der Waals surface area contributed by atoms with Gasteiger partial charge in [-0.3, -0.25) is 10.2 Å². The molecule has 0 spiro atoms. The number of hydrazone groups is 1. The van der Waals surface area contributed by atoms with E-state index in [2.05, 4.69) is 31.8 Å². The summed E-state index contributed by atoms with van der Waals surface area (Å²) in [5.74, 6) is 1.48. The molecule has 3 heterocycles. The molecule has 28 heavy (non-hydrogen) atoms. The molecule has 1 fully saturated rings. The number of fused-ring (bicyclic) bond motifs is 1. The number of hydrogen-bond donors (Lipinski definition) is 2. The van der Waals surface area contributed by atoms with E-state index in [0.29, 0.717) is 25.3 Å². The lowest BCUT2D eigenvalue weighted by Crippen LogP contribution is -2.45. The van der Waals surface area contributed by atoms with Gasteiger partial charge in [0, 0.05) is 37.3 Å². The van der Waals surface area contributed by atoms with Crippen molar-refractivity contribution >= 4 is 17.4 Å². The van der Waals surface area contributed by atoms with E-state index in [1.165, 1.54) is 0 Å². The molecule has 0 radical (unpaired) electrons. The highest BCUT2D eigenvalue weighted by Crippen LogP contribution is 2.28. The molecule has 2 atom stereocenters. The number of hydrogen-bond acceptors (Lipinski definition) is 6. The maximum atomic E-state index is 12.7. The van der Waals surface area contributed by atoms with E-state index in [1.54, 1.807) is 13.3 Å². The van der Waals surface area contributed by atoms with Crippen molar-refractivity contribution in [3.8, 4) is 5.75 Å². The maximum absolute atomic E-state index is 12.7. The quantitative estimate of drug-likeness (QED) is 0.783. The van der Waals surface area contributed by atoms with Gasteiger partial charge in [0.05, 0.1) is 7.11 Å². The number of anilines is 1. The van der Waals surface area contributed by atoms with Crippen molar-refractivity contribution in [3.63, 3.8) is 0 Å². The molecule has 144 valence electrons. The van der Waals surface area contributed by atoms with E-state index < -0.39 is 0 Å². The average molecular weight is 377 g/mol. The van der Waals surface area contributed by atoms with Crippen LogP contribution < -0.4 is 15.5 Å². The summed E-state index contributed by atoms with van der Waals surface area (Å²) in [5, 5.41) is 7.59. The minimum atomic E-state index is -0.297. The smallest absolute Gasteiger partial charge is 0.243 e. The van der Waals surface area contributed by atoms with Crippen molar-refractivity contribution in [2.24, 2.45) is 11.0 Å². The van der Waals surface area contributed by atoms with Crippen molar-refractivity contribution in [3.05, 3.63) is 66.5 Å². The van der Waals surface area contributed by atoms with Crippen LogP contribution in [0.3, 0.4) is 0 Å².